The Morgan fingerprint density at radius 3 is 2.16 bits per heavy atom. The Balaban J connectivity index is 1.49. The zero-order valence-corrected chi connectivity index (χ0v) is 21.7. The molecule has 0 heterocycles. The Morgan fingerprint density at radius 1 is 0.816 bits per heavy atom. The minimum absolute atomic E-state index is 0.269. The SMILES string of the molecule is CCOC(Cc1ccc(OCCN(CCCOCc2ccccc2)C(=O)Oc2ccccc2)cc1)C(=O)O. The van der Waals surface area contributed by atoms with Gasteiger partial charge in [0.05, 0.1) is 13.2 Å². The number of carbonyl (C=O) groups is 2. The molecule has 8 heteroatoms. The van der Waals surface area contributed by atoms with Crippen molar-refractivity contribution in [3.8, 4) is 11.5 Å². The van der Waals surface area contributed by atoms with Crippen molar-refractivity contribution in [2.75, 3.05) is 32.9 Å². The molecular formula is C30H35NO7. The van der Waals surface area contributed by atoms with E-state index in [4.69, 9.17) is 18.9 Å². The summed E-state index contributed by atoms with van der Waals surface area (Å²) in [5.74, 6) is 0.116. The van der Waals surface area contributed by atoms with Crippen LogP contribution in [0.25, 0.3) is 0 Å². The number of benzene rings is 3. The van der Waals surface area contributed by atoms with Gasteiger partial charge in [-0.15, -0.1) is 0 Å². The monoisotopic (exact) mass is 521 g/mol. The maximum Gasteiger partial charge on any atom is 0.415 e. The van der Waals surface area contributed by atoms with Crippen molar-refractivity contribution in [1.82, 2.24) is 4.90 Å². The molecule has 1 unspecified atom stereocenters. The number of nitrogens with zero attached hydrogens (tertiary/aromatic N) is 1. The molecule has 1 amide bonds. The van der Waals surface area contributed by atoms with Gasteiger partial charge < -0.3 is 29.0 Å². The largest absolute Gasteiger partial charge is 0.492 e. The van der Waals surface area contributed by atoms with Crippen LogP contribution in [0.3, 0.4) is 0 Å². The Morgan fingerprint density at radius 2 is 1.50 bits per heavy atom. The van der Waals surface area contributed by atoms with Crippen LogP contribution < -0.4 is 9.47 Å². The predicted molar refractivity (Wildman–Crippen MR) is 143 cm³/mol. The van der Waals surface area contributed by atoms with Gasteiger partial charge >= 0.3 is 12.1 Å². The summed E-state index contributed by atoms with van der Waals surface area (Å²) >= 11 is 0. The zero-order valence-electron chi connectivity index (χ0n) is 21.7. The second kappa shape index (κ2) is 16.1. The van der Waals surface area contributed by atoms with Gasteiger partial charge in [0.15, 0.2) is 6.10 Å². The van der Waals surface area contributed by atoms with Gasteiger partial charge in [-0.05, 0) is 48.7 Å². The fraction of sp³-hybridized carbons (Fsp3) is 0.333. The van der Waals surface area contributed by atoms with E-state index in [9.17, 15) is 14.7 Å². The first-order chi connectivity index (χ1) is 18.5. The topological polar surface area (TPSA) is 94.5 Å². The van der Waals surface area contributed by atoms with E-state index < -0.39 is 18.2 Å². The van der Waals surface area contributed by atoms with Gasteiger partial charge in [-0.1, -0.05) is 60.7 Å². The van der Waals surface area contributed by atoms with Crippen molar-refractivity contribution in [2.24, 2.45) is 0 Å². The summed E-state index contributed by atoms with van der Waals surface area (Å²) in [4.78, 5) is 25.8. The normalized spacial score (nSPS) is 11.5. The standard InChI is InChI=1S/C30H35NO7/c1-2-36-28(29(32)33)22-24-14-16-26(17-15-24)37-21-19-31(30(34)38-27-12-7-4-8-13-27)18-9-20-35-23-25-10-5-3-6-11-25/h3-8,10-17,28H,2,9,18-23H2,1H3,(H,32,33). The quantitative estimate of drug-likeness (QED) is 0.259. The number of para-hydroxylation sites is 1. The van der Waals surface area contributed by atoms with Crippen LogP contribution in [0.15, 0.2) is 84.9 Å². The number of hydrogen-bond donors (Lipinski definition) is 1. The lowest BCUT2D eigenvalue weighted by atomic mass is 10.1. The van der Waals surface area contributed by atoms with Crippen molar-refractivity contribution in [1.29, 1.82) is 0 Å². The smallest absolute Gasteiger partial charge is 0.415 e. The summed E-state index contributed by atoms with van der Waals surface area (Å²) in [6.07, 6.45) is -0.410. The first-order valence-corrected chi connectivity index (χ1v) is 12.7. The van der Waals surface area contributed by atoms with E-state index in [1.54, 1.807) is 36.1 Å². The molecule has 0 radical (unpaired) electrons. The molecule has 8 nitrogen and oxygen atoms in total. The summed E-state index contributed by atoms with van der Waals surface area (Å²) < 4.78 is 22.4. The summed E-state index contributed by atoms with van der Waals surface area (Å²) in [5.41, 5.74) is 1.94. The summed E-state index contributed by atoms with van der Waals surface area (Å²) in [5, 5.41) is 9.27. The Kier molecular flexibility index (Phi) is 12.1. The lowest BCUT2D eigenvalue weighted by molar-refractivity contribution is -0.149. The average Bonchev–Trinajstić information content (AvgIpc) is 2.93. The maximum atomic E-state index is 12.8. The molecule has 0 saturated carbocycles. The van der Waals surface area contributed by atoms with Crippen LogP contribution in [-0.2, 0) is 27.3 Å². The van der Waals surface area contributed by atoms with Crippen LogP contribution in [0.2, 0.25) is 0 Å². The van der Waals surface area contributed by atoms with Crippen LogP contribution in [0.5, 0.6) is 11.5 Å². The first-order valence-electron chi connectivity index (χ1n) is 12.7. The number of carboxylic acid groups (broad SMARTS) is 1. The molecule has 0 aliphatic carbocycles. The van der Waals surface area contributed by atoms with E-state index >= 15 is 0 Å². The Hall–Kier alpha value is -3.88. The molecule has 0 aliphatic rings. The van der Waals surface area contributed by atoms with E-state index in [0.717, 1.165) is 11.1 Å². The van der Waals surface area contributed by atoms with Crippen molar-refractivity contribution < 1.29 is 33.6 Å². The van der Waals surface area contributed by atoms with Crippen LogP contribution in [0, 0.1) is 0 Å². The van der Waals surface area contributed by atoms with Gasteiger partial charge in [0.2, 0.25) is 0 Å². The third-order valence-electron chi connectivity index (χ3n) is 5.65. The van der Waals surface area contributed by atoms with Crippen molar-refractivity contribution in [3.63, 3.8) is 0 Å². The molecule has 0 aliphatic heterocycles. The zero-order chi connectivity index (χ0) is 27.0. The van der Waals surface area contributed by atoms with Crippen molar-refractivity contribution in [3.05, 3.63) is 96.1 Å². The van der Waals surface area contributed by atoms with E-state index in [2.05, 4.69) is 0 Å². The second-order valence-corrected chi connectivity index (χ2v) is 8.54. The molecule has 1 atom stereocenters. The van der Waals surface area contributed by atoms with Crippen molar-refractivity contribution >= 4 is 12.1 Å². The Labute approximate surface area is 223 Å². The lowest BCUT2D eigenvalue weighted by Crippen LogP contribution is -2.38. The van der Waals surface area contributed by atoms with Crippen LogP contribution >= 0.6 is 0 Å². The van der Waals surface area contributed by atoms with Crippen molar-refractivity contribution in [2.45, 2.75) is 32.5 Å². The summed E-state index contributed by atoms with van der Waals surface area (Å²) in [6, 6.07) is 26.1. The van der Waals surface area contributed by atoms with Gasteiger partial charge in [-0.2, -0.15) is 0 Å². The third-order valence-corrected chi connectivity index (χ3v) is 5.65. The summed E-state index contributed by atoms with van der Waals surface area (Å²) in [6.45, 7) is 4.18. The molecule has 3 aromatic carbocycles. The highest BCUT2D eigenvalue weighted by atomic mass is 16.6. The molecule has 3 aromatic rings. The van der Waals surface area contributed by atoms with Crippen LogP contribution in [-0.4, -0.2) is 61.1 Å². The molecular weight excluding hydrogens is 486 g/mol. The average molecular weight is 522 g/mol. The van der Waals surface area contributed by atoms with Crippen LogP contribution in [0.1, 0.15) is 24.5 Å². The molecule has 202 valence electrons. The van der Waals surface area contributed by atoms with Gasteiger partial charge in [0, 0.05) is 26.2 Å². The van der Waals surface area contributed by atoms with E-state index in [1.807, 2.05) is 60.7 Å². The Bertz CT molecular complexity index is 1090. The number of carboxylic acids is 1. The molecule has 3 rings (SSSR count). The molecule has 0 fully saturated rings. The number of aliphatic carboxylic acids is 1. The highest BCUT2D eigenvalue weighted by molar-refractivity contribution is 5.72. The first kappa shape index (κ1) is 28.7. The van der Waals surface area contributed by atoms with Gasteiger partial charge in [-0.3, -0.25) is 0 Å². The van der Waals surface area contributed by atoms with E-state index in [-0.39, 0.29) is 13.0 Å². The molecule has 1 N–H and O–H groups in total. The summed E-state index contributed by atoms with van der Waals surface area (Å²) in [7, 11) is 0. The number of carbonyl (C=O) groups excluding carboxylic acids is 1. The van der Waals surface area contributed by atoms with Crippen LogP contribution in [0.4, 0.5) is 4.79 Å². The number of amides is 1. The highest BCUT2D eigenvalue weighted by Crippen LogP contribution is 2.15. The number of ether oxygens (including phenoxy) is 4. The fourth-order valence-corrected chi connectivity index (χ4v) is 3.70. The highest BCUT2D eigenvalue weighted by Gasteiger charge is 2.18. The van der Waals surface area contributed by atoms with E-state index in [0.29, 0.717) is 50.8 Å². The van der Waals surface area contributed by atoms with Gasteiger partial charge in [0.1, 0.15) is 18.1 Å². The molecule has 38 heavy (non-hydrogen) atoms. The van der Waals surface area contributed by atoms with Gasteiger partial charge in [0.25, 0.3) is 0 Å². The number of hydrogen-bond acceptors (Lipinski definition) is 6. The molecule has 0 saturated heterocycles. The molecule has 0 spiro atoms. The molecule has 0 aromatic heterocycles. The van der Waals surface area contributed by atoms with E-state index in [1.165, 1.54) is 0 Å². The number of rotatable bonds is 16. The van der Waals surface area contributed by atoms with Gasteiger partial charge in [-0.25, -0.2) is 9.59 Å². The lowest BCUT2D eigenvalue weighted by Gasteiger charge is -2.22. The second-order valence-electron chi connectivity index (χ2n) is 8.54. The fourth-order valence-electron chi connectivity index (χ4n) is 3.70. The predicted octanol–water partition coefficient (Wildman–Crippen LogP) is 5.21. The molecule has 0 bridgehead atoms. The maximum absolute atomic E-state index is 12.8. The minimum atomic E-state index is -0.986. The minimum Gasteiger partial charge on any atom is -0.492 e. The third kappa shape index (κ3) is 10.2.